The maximum atomic E-state index is 12.5. The topological polar surface area (TPSA) is 103 Å². The highest BCUT2D eigenvalue weighted by atomic mass is 16.1. The lowest BCUT2D eigenvalue weighted by Crippen LogP contribution is -2.32. The quantitative estimate of drug-likeness (QED) is 0.228. The van der Waals surface area contributed by atoms with E-state index in [0.29, 0.717) is 22.6 Å². The number of aromatic nitrogens is 6. The van der Waals surface area contributed by atoms with Crippen LogP contribution in [0.4, 0.5) is 0 Å². The summed E-state index contributed by atoms with van der Waals surface area (Å²) in [6.07, 6.45) is 5.49. The molecule has 4 aromatic heterocycles. The number of benzene rings is 2. The van der Waals surface area contributed by atoms with Crippen LogP contribution >= 0.6 is 0 Å². The summed E-state index contributed by atoms with van der Waals surface area (Å²) in [6, 6.07) is 28.4. The van der Waals surface area contributed by atoms with E-state index in [9.17, 15) is 4.79 Å². The normalized spacial score (nSPS) is 13.9. The van der Waals surface area contributed by atoms with Crippen LogP contribution in [0.15, 0.2) is 102 Å². The fourth-order valence-electron chi connectivity index (χ4n) is 5.63. The Morgan fingerprint density at radius 3 is 2.37 bits per heavy atom. The highest BCUT2D eigenvalue weighted by Crippen LogP contribution is 2.33. The van der Waals surface area contributed by atoms with Gasteiger partial charge in [-0.05, 0) is 61.3 Å². The van der Waals surface area contributed by atoms with Crippen molar-refractivity contribution >= 4 is 10.9 Å². The molecule has 216 valence electrons. The first kappa shape index (κ1) is 28.2. The smallest absolute Gasteiger partial charge is 0.257 e. The summed E-state index contributed by atoms with van der Waals surface area (Å²) in [5.41, 5.74) is 6.50. The average Bonchev–Trinajstić information content (AvgIpc) is 3.58. The number of H-pyrrole nitrogens is 2. The first-order chi connectivity index (χ1) is 21.2. The van der Waals surface area contributed by atoms with Crippen molar-refractivity contribution in [2.45, 2.75) is 39.2 Å². The van der Waals surface area contributed by atoms with Crippen molar-refractivity contribution in [1.29, 1.82) is 0 Å². The van der Waals surface area contributed by atoms with Crippen molar-refractivity contribution in [3.05, 3.63) is 119 Å². The van der Waals surface area contributed by atoms with Crippen molar-refractivity contribution in [3.63, 3.8) is 0 Å². The summed E-state index contributed by atoms with van der Waals surface area (Å²) in [5, 5.41) is 8.13. The molecule has 8 nitrogen and oxygen atoms in total. The molecular formula is C35H35N7O. The second kappa shape index (κ2) is 12.9. The van der Waals surface area contributed by atoms with Gasteiger partial charge >= 0.3 is 0 Å². The summed E-state index contributed by atoms with van der Waals surface area (Å²) in [5.74, 6) is 1.99. The molecule has 5 heterocycles. The number of hydrogen-bond donors (Lipinski definition) is 2. The number of aromatic amines is 2. The van der Waals surface area contributed by atoms with Crippen molar-refractivity contribution < 1.29 is 0 Å². The Kier molecular flexibility index (Phi) is 8.47. The van der Waals surface area contributed by atoms with E-state index in [2.05, 4.69) is 61.5 Å². The van der Waals surface area contributed by atoms with Gasteiger partial charge < -0.3 is 4.98 Å². The Morgan fingerprint density at radius 2 is 1.63 bits per heavy atom. The predicted molar refractivity (Wildman–Crippen MR) is 171 cm³/mol. The molecule has 0 amide bonds. The molecule has 0 unspecified atom stereocenters. The van der Waals surface area contributed by atoms with Crippen molar-refractivity contribution in [2.75, 3.05) is 13.1 Å². The SMILES string of the molecule is CC.O=c1[nH]ccc2nc(-c3ccc(CN4CCC(c5nc(-c6ccccn6)n[nH]5)CC4)cc3)c(-c3ccccc3)cc12. The van der Waals surface area contributed by atoms with E-state index in [-0.39, 0.29) is 5.56 Å². The first-order valence-electron chi connectivity index (χ1n) is 14.9. The third kappa shape index (κ3) is 6.15. The lowest BCUT2D eigenvalue weighted by Gasteiger charge is -2.31. The Balaban J connectivity index is 0.00000161. The summed E-state index contributed by atoms with van der Waals surface area (Å²) in [7, 11) is 0. The second-order valence-electron chi connectivity index (χ2n) is 10.5. The van der Waals surface area contributed by atoms with E-state index in [1.807, 2.05) is 62.4 Å². The molecule has 0 atom stereocenters. The van der Waals surface area contributed by atoms with E-state index in [0.717, 1.165) is 66.4 Å². The molecule has 1 aliphatic rings. The lowest BCUT2D eigenvalue weighted by molar-refractivity contribution is 0.202. The number of nitrogens with zero attached hydrogens (tertiary/aromatic N) is 5. The molecule has 1 fully saturated rings. The zero-order chi connectivity index (χ0) is 29.6. The highest BCUT2D eigenvalue weighted by Gasteiger charge is 2.24. The van der Waals surface area contributed by atoms with Gasteiger partial charge in [-0.1, -0.05) is 74.5 Å². The fraction of sp³-hybridized carbons (Fsp3) is 0.229. The molecule has 0 bridgehead atoms. The van der Waals surface area contributed by atoms with Crippen LogP contribution in [0, 0.1) is 0 Å². The standard InChI is InChI=1S/C33H29N7O.C2H6/c41-33-27-20-26(23-6-2-1-3-7-23)30(36-28(27)13-17-35-33)24-11-9-22(10-12-24)21-40-18-14-25(15-19-40)31-37-32(39-38-31)29-8-4-5-16-34-29;1-2/h1-13,16-17,20,25H,14-15,18-19,21H2,(H,35,41)(H,37,38,39);1-2H3. The monoisotopic (exact) mass is 569 g/mol. The van der Waals surface area contributed by atoms with Gasteiger partial charge in [0, 0.05) is 36.0 Å². The minimum Gasteiger partial charge on any atom is -0.328 e. The Hall–Kier alpha value is -4.95. The molecule has 2 N–H and O–H groups in total. The number of hydrogen-bond acceptors (Lipinski definition) is 6. The Morgan fingerprint density at radius 1 is 0.860 bits per heavy atom. The van der Waals surface area contributed by atoms with Gasteiger partial charge in [0.2, 0.25) is 0 Å². The molecule has 43 heavy (non-hydrogen) atoms. The third-order valence-electron chi connectivity index (χ3n) is 7.84. The lowest BCUT2D eigenvalue weighted by atomic mass is 9.95. The maximum absolute atomic E-state index is 12.5. The van der Waals surface area contributed by atoms with E-state index in [4.69, 9.17) is 9.97 Å². The second-order valence-corrected chi connectivity index (χ2v) is 10.5. The highest BCUT2D eigenvalue weighted by molar-refractivity contribution is 5.91. The summed E-state index contributed by atoms with van der Waals surface area (Å²) in [6.45, 7) is 6.91. The van der Waals surface area contributed by atoms with Gasteiger partial charge in [-0.3, -0.25) is 19.8 Å². The molecule has 8 heteroatoms. The molecule has 0 radical (unpaired) electrons. The van der Waals surface area contributed by atoms with Gasteiger partial charge in [0.1, 0.15) is 11.5 Å². The van der Waals surface area contributed by atoms with Gasteiger partial charge in [0.15, 0.2) is 5.82 Å². The van der Waals surface area contributed by atoms with Crippen molar-refractivity contribution in [1.82, 2.24) is 35.0 Å². The van der Waals surface area contributed by atoms with Crippen LogP contribution in [0.3, 0.4) is 0 Å². The molecule has 1 saturated heterocycles. The van der Waals surface area contributed by atoms with Gasteiger partial charge in [-0.15, -0.1) is 0 Å². The Labute approximate surface area is 250 Å². The van der Waals surface area contributed by atoms with Crippen molar-refractivity contribution in [3.8, 4) is 33.9 Å². The van der Waals surface area contributed by atoms with E-state index in [1.54, 1.807) is 12.4 Å². The number of fused-ring (bicyclic) bond motifs is 1. The molecule has 6 aromatic rings. The molecule has 1 aliphatic heterocycles. The molecule has 0 saturated carbocycles. The van der Waals surface area contributed by atoms with Crippen LogP contribution in [-0.4, -0.2) is 48.1 Å². The average molecular weight is 570 g/mol. The number of piperidine rings is 1. The number of likely N-dealkylation sites (tertiary alicyclic amines) is 1. The Bertz CT molecular complexity index is 1840. The first-order valence-corrected chi connectivity index (χ1v) is 14.9. The molecule has 0 aliphatic carbocycles. The van der Waals surface area contributed by atoms with Crippen LogP contribution in [0.1, 0.15) is 44.0 Å². The maximum Gasteiger partial charge on any atom is 0.257 e. The fourth-order valence-corrected chi connectivity index (χ4v) is 5.63. The van der Waals surface area contributed by atoms with Gasteiger partial charge in [0.25, 0.3) is 5.56 Å². The van der Waals surface area contributed by atoms with Gasteiger partial charge in [-0.25, -0.2) is 9.97 Å². The van der Waals surface area contributed by atoms with E-state index in [1.165, 1.54) is 5.56 Å². The van der Waals surface area contributed by atoms with Gasteiger partial charge in [-0.2, -0.15) is 5.10 Å². The van der Waals surface area contributed by atoms with Crippen LogP contribution in [-0.2, 0) is 6.54 Å². The number of nitrogens with one attached hydrogen (secondary N) is 2. The van der Waals surface area contributed by atoms with Crippen LogP contribution < -0.4 is 5.56 Å². The number of pyridine rings is 3. The van der Waals surface area contributed by atoms with Crippen LogP contribution in [0.5, 0.6) is 0 Å². The van der Waals surface area contributed by atoms with Gasteiger partial charge in [0.05, 0.1) is 16.6 Å². The third-order valence-corrected chi connectivity index (χ3v) is 7.84. The molecule has 7 rings (SSSR count). The summed E-state index contributed by atoms with van der Waals surface area (Å²) >= 11 is 0. The summed E-state index contributed by atoms with van der Waals surface area (Å²) < 4.78 is 0. The summed E-state index contributed by atoms with van der Waals surface area (Å²) in [4.78, 5) is 31.8. The molecule has 2 aromatic carbocycles. The largest absolute Gasteiger partial charge is 0.328 e. The minimum absolute atomic E-state index is 0.130. The van der Waals surface area contributed by atoms with Crippen LogP contribution in [0.25, 0.3) is 44.8 Å². The van der Waals surface area contributed by atoms with E-state index >= 15 is 0 Å². The number of rotatable bonds is 6. The zero-order valence-corrected chi connectivity index (χ0v) is 24.5. The minimum atomic E-state index is -0.130. The molecule has 0 spiro atoms. The van der Waals surface area contributed by atoms with Crippen molar-refractivity contribution in [2.24, 2.45) is 0 Å². The predicted octanol–water partition coefficient (Wildman–Crippen LogP) is 6.84. The van der Waals surface area contributed by atoms with E-state index < -0.39 is 0 Å². The molecular weight excluding hydrogens is 534 g/mol. The van der Waals surface area contributed by atoms with Crippen LogP contribution in [0.2, 0.25) is 0 Å². The zero-order valence-electron chi connectivity index (χ0n) is 24.5.